The zero-order valence-corrected chi connectivity index (χ0v) is 17.6. The molecule has 0 radical (unpaired) electrons. The van der Waals surface area contributed by atoms with Crippen LogP contribution in [0, 0.1) is 11.8 Å². The number of fused-ring (bicyclic) bond motifs is 1. The van der Waals surface area contributed by atoms with E-state index < -0.39 is 6.04 Å². The minimum absolute atomic E-state index is 0. The fraction of sp³-hybridized carbons (Fsp3) is 0.364. The van der Waals surface area contributed by atoms with E-state index in [1.54, 1.807) is 24.3 Å². The highest BCUT2D eigenvalue weighted by Gasteiger charge is 2.40. The van der Waals surface area contributed by atoms with Gasteiger partial charge < -0.3 is 15.5 Å². The molecule has 5 nitrogen and oxygen atoms in total. The van der Waals surface area contributed by atoms with Gasteiger partial charge in [0.1, 0.15) is 6.04 Å². The average molecular weight is 434 g/mol. The van der Waals surface area contributed by atoms with E-state index in [0.717, 1.165) is 31.7 Å². The Bertz CT molecular complexity index is 833. The molecule has 0 saturated carbocycles. The third-order valence-electron chi connectivity index (χ3n) is 5.69. The van der Waals surface area contributed by atoms with Gasteiger partial charge in [0.05, 0.1) is 0 Å². The zero-order chi connectivity index (χ0) is 19.5. The van der Waals surface area contributed by atoms with Crippen molar-refractivity contribution in [3.8, 4) is 0 Å². The summed E-state index contributed by atoms with van der Waals surface area (Å²) >= 11 is 5.91. The molecule has 3 atom stereocenters. The number of benzene rings is 2. The van der Waals surface area contributed by atoms with Gasteiger partial charge in [-0.2, -0.15) is 0 Å². The van der Waals surface area contributed by atoms with E-state index in [9.17, 15) is 9.59 Å². The highest BCUT2D eigenvalue weighted by atomic mass is 35.5. The number of rotatable bonds is 5. The van der Waals surface area contributed by atoms with E-state index in [1.165, 1.54) is 0 Å². The van der Waals surface area contributed by atoms with Crippen molar-refractivity contribution in [3.05, 3.63) is 70.7 Å². The second kappa shape index (κ2) is 9.61. The van der Waals surface area contributed by atoms with Crippen molar-refractivity contribution in [3.63, 3.8) is 0 Å². The van der Waals surface area contributed by atoms with Gasteiger partial charge in [0.25, 0.3) is 5.91 Å². The Morgan fingerprint density at radius 3 is 2.28 bits per heavy atom. The monoisotopic (exact) mass is 433 g/mol. The molecule has 2 amide bonds. The van der Waals surface area contributed by atoms with Crippen molar-refractivity contribution < 1.29 is 9.59 Å². The maximum Gasteiger partial charge on any atom is 0.251 e. The first-order chi connectivity index (χ1) is 13.6. The Kier molecular flexibility index (Phi) is 7.17. The number of nitrogens with zero attached hydrogens (tertiary/aromatic N) is 1. The second-order valence-electron chi connectivity index (χ2n) is 7.64. The molecule has 2 aliphatic heterocycles. The molecule has 0 aliphatic carbocycles. The highest BCUT2D eigenvalue weighted by Crippen LogP contribution is 2.27. The molecule has 2 N–H and O–H groups in total. The van der Waals surface area contributed by atoms with E-state index in [4.69, 9.17) is 11.6 Å². The van der Waals surface area contributed by atoms with Gasteiger partial charge in [-0.15, -0.1) is 12.4 Å². The van der Waals surface area contributed by atoms with Crippen LogP contribution in [0.5, 0.6) is 0 Å². The maximum atomic E-state index is 13.3. The largest absolute Gasteiger partial charge is 0.340 e. The number of hydrogen-bond donors (Lipinski definition) is 2. The van der Waals surface area contributed by atoms with Crippen LogP contribution < -0.4 is 10.6 Å². The van der Waals surface area contributed by atoms with Gasteiger partial charge in [-0.3, -0.25) is 9.59 Å². The lowest BCUT2D eigenvalue weighted by molar-refractivity contribution is -0.132. The van der Waals surface area contributed by atoms with Gasteiger partial charge in [0, 0.05) is 43.2 Å². The van der Waals surface area contributed by atoms with Crippen molar-refractivity contribution in [1.29, 1.82) is 0 Å². The van der Waals surface area contributed by atoms with Crippen molar-refractivity contribution >= 4 is 35.8 Å². The predicted molar refractivity (Wildman–Crippen MR) is 117 cm³/mol. The van der Waals surface area contributed by atoms with Crippen molar-refractivity contribution in [2.45, 2.75) is 12.5 Å². The second-order valence-corrected chi connectivity index (χ2v) is 8.08. The molecular formula is C22H25Cl2N3O2. The van der Waals surface area contributed by atoms with Gasteiger partial charge in [0.15, 0.2) is 0 Å². The lowest BCUT2D eigenvalue weighted by atomic mass is 10.0. The number of nitrogens with one attached hydrogen (secondary N) is 2. The molecule has 7 heteroatoms. The van der Waals surface area contributed by atoms with E-state index in [2.05, 4.69) is 10.6 Å². The van der Waals surface area contributed by atoms with Crippen LogP contribution in [0.2, 0.25) is 5.02 Å². The Morgan fingerprint density at radius 2 is 1.66 bits per heavy atom. The molecule has 2 aliphatic rings. The molecule has 2 heterocycles. The summed E-state index contributed by atoms with van der Waals surface area (Å²) < 4.78 is 0. The molecule has 0 aromatic heterocycles. The number of hydrogen-bond acceptors (Lipinski definition) is 3. The lowest BCUT2D eigenvalue weighted by Gasteiger charge is -2.25. The van der Waals surface area contributed by atoms with Crippen molar-refractivity contribution in [1.82, 2.24) is 15.5 Å². The van der Waals surface area contributed by atoms with Crippen LogP contribution in [-0.2, 0) is 11.2 Å². The standard InChI is InChI=1S/C22H24ClN3O2.ClH/c23-19-8-6-16(7-9-19)21(27)25-20(10-15-4-2-1-3-5-15)22(28)26-13-17-11-24-12-18(17)14-26;/h1-9,17-18,20,24H,10-14H2,(H,25,27);1H/t17-,18+,20?;. The average Bonchev–Trinajstić information content (AvgIpc) is 3.30. The summed E-state index contributed by atoms with van der Waals surface area (Å²) in [6.45, 7) is 3.46. The molecular weight excluding hydrogens is 409 g/mol. The Balaban J connectivity index is 0.00000240. The van der Waals surface area contributed by atoms with Crippen LogP contribution in [-0.4, -0.2) is 48.9 Å². The molecule has 2 aromatic carbocycles. The lowest BCUT2D eigenvalue weighted by Crippen LogP contribution is -2.49. The maximum absolute atomic E-state index is 13.3. The smallest absolute Gasteiger partial charge is 0.251 e. The minimum atomic E-state index is -0.586. The number of halogens is 2. The first kappa shape index (κ1) is 21.6. The minimum Gasteiger partial charge on any atom is -0.340 e. The molecule has 2 fully saturated rings. The molecule has 2 aromatic rings. The molecule has 2 saturated heterocycles. The molecule has 4 rings (SSSR count). The van der Waals surface area contributed by atoms with Gasteiger partial charge >= 0.3 is 0 Å². The fourth-order valence-electron chi connectivity index (χ4n) is 4.15. The Morgan fingerprint density at radius 1 is 1.03 bits per heavy atom. The van der Waals surface area contributed by atoms with E-state index in [0.29, 0.717) is 28.8 Å². The Hall–Kier alpha value is -2.08. The third-order valence-corrected chi connectivity index (χ3v) is 5.95. The number of amides is 2. The molecule has 1 unspecified atom stereocenters. The fourth-order valence-corrected chi connectivity index (χ4v) is 4.27. The summed E-state index contributed by atoms with van der Waals surface area (Å²) in [4.78, 5) is 27.9. The van der Waals surface area contributed by atoms with Crippen LogP contribution in [0.15, 0.2) is 54.6 Å². The van der Waals surface area contributed by atoms with E-state index in [-0.39, 0.29) is 24.2 Å². The van der Waals surface area contributed by atoms with E-state index >= 15 is 0 Å². The number of carbonyl (C=O) groups is 2. The number of carbonyl (C=O) groups excluding carboxylic acids is 2. The van der Waals surface area contributed by atoms with Crippen molar-refractivity contribution in [2.24, 2.45) is 11.8 Å². The SMILES string of the molecule is Cl.O=C(NC(Cc1ccccc1)C(=O)N1C[C@H]2CNC[C@H]2C1)c1ccc(Cl)cc1. The van der Waals surface area contributed by atoms with Crippen LogP contribution in [0.1, 0.15) is 15.9 Å². The zero-order valence-electron chi connectivity index (χ0n) is 16.0. The van der Waals surface area contributed by atoms with Crippen LogP contribution in [0.4, 0.5) is 0 Å². The topological polar surface area (TPSA) is 61.4 Å². The quantitative estimate of drug-likeness (QED) is 0.761. The number of likely N-dealkylation sites (tertiary alicyclic amines) is 1. The van der Waals surface area contributed by atoms with Gasteiger partial charge in [-0.25, -0.2) is 0 Å². The summed E-state index contributed by atoms with van der Waals surface area (Å²) in [7, 11) is 0. The first-order valence-electron chi connectivity index (χ1n) is 9.70. The summed E-state index contributed by atoms with van der Waals surface area (Å²) in [5.74, 6) is 0.786. The Labute approximate surface area is 182 Å². The van der Waals surface area contributed by atoms with Crippen LogP contribution >= 0.6 is 24.0 Å². The van der Waals surface area contributed by atoms with Gasteiger partial charge in [-0.05, 0) is 41.7 Å². The molecule has 154 valence electrons. The summed E-state index contributed by atoms with van der Waals surface area (Å²) in [5.41, 5.74) is 1.52. The van der Waals surface area contributed by atoms with Crippen molar-refractivity contribution in [2.75, 3.05) is 26.2 Å². The van der Waals surface area contributed by atoms with Crippen LogP contribution in [0.25, 0.3) is 0 Å². The summed E-state index contributed by atoms with van der Waals surface area (Å²) in [5, 5.41) is 6.92. The highest BCUT2D eigenvalue weighted by molar-refractivity contribution is 6.30. The molecule has 29 heavy (non-hydrogen) atoms. The predicted octanol–water partition coefficient (Wildman–Crippen LogP) is 2.78. The van der Waals surface area contributed by atoms with Gasteiger partial charge in [0.2, 0.25) is 5.91 Å². The van der Waals surface area contributed by atoms with Gasteiger partial charge in [-0.1, -0.05) is 41.9 Å². The third kappa shape index (κ3) is 5.10. The molecule has 0 spiro atoms. The first-order valence-corrected chi connectivity index (χ1v) is 10.1. The summed E-state index contributed by atoms with van der Waals surface area (Å²) in [6, 6.07) is 15.9. The summed E-state index contributed by atoms with van der Waals surface area (Å²) in [6.07, 6.45) is 0.475. The normalized spacial score (nSPS) is 21.2. The molecule has 0 bridgehead atoms. The van der Waals surface area contributed by atoms with Crippen LogP contribution in [0.3, 0.4) is 0 Å². The van der Waals surface area contributed by atoms with E-state index in [1.807, 2.05) is 35.2 Å².